The van der Waals surface area contributed by atoms with Crippen LogP contribution in [0.1, 0.15) is 42.4 Å². The van der Waals surface area contributed by atoms with Crippen molar-refractivity contribution in [2.75, 3.05) is 6.54 Å². The summed E-state index contributed by atoms with van der Waals surface area (Å²) < 4.78 is 0. The van der Waals surface area contributed by atoms with Crippen LogP contribution in [0, 0.1) is 5.92 Å². The number of hydrogen-bond acceptors (Lipinski definition) is 2. The van der Waals surface area contributed by atoms with Gasteiger partial charge in [0.15, 0.2) is 0 Å². The van der Waals surface area contributed by atoms with Gasteiger partial charge in [0.25, 0.3) is 0 Å². The molecule has 0 aliphatic heterocycles. The van der Waals surface area contributed by atoms with Crippen LogP contribution in [0.2, 0.25) is 10.0 Å². The number of aromatic nitrogens is 1. The van der Waals surface area contributed by atoms with E-state index in [0.717, 1.165) is 43.2 Å². The van der Waals surface area contributed by atoms with Gasteiger partial charge in [-0.1, -0.05) is 53.5 Å². The molecule has 3 aromatic rings. The lowest BCUT2D eigenvalue weighted by molar-refractivity contribution is -0.126. The maximum atomic E-state index is 13.8. The zero-order chi connectivity index (χ0) is 21.7. The maximum Gasteiger partial charge on any atom is 0.235 e. The van der Waals surface area contributed by atoms with E-state index in [2.05, 4.69) is 16.4 Å². The van der Waals surface area contributed by atoms with Gasteiger partial charge < -0.3 is 5.32 Å². The van der Waals surface area contributed by atoms with E-state index in [1.807, 2.05) is 60.8 Å². The molecule has 3 nitrogen and oxygen atoms in total. The third-order valence-electron chi connectivity index (χ3n) is 6.01. The quantitative estimate of drug-likeness (QED) is 0.391. The van der Waals surface area contributed by atoms with Crippen LogP contribution in [0.15, 0.2) is 73.1 Å². The summed E-state index contributed by atoms with van der Waals surface area (Å²) in [4.78, 5) is 18.0. The number of carbonyl (C=O) groups is 1. The molecule has 4 rings (SSSR count). The molecule has 0 saturated heterocycles. The lowest BCUT2D eigenvalue weighted by Crippen LogP contribution is -2.47. The fraction of sp³-hybridized carbons (Fsp3) is 0.308. The van der Waals surface area contributed by atoms with Crippen LogP contribution in [-0.4, -0.2) is 17.4 Å². The summed E-state index contributed by atoms with van der Waals surface area (Å²) in [5.41, 5.74) is 2.30. The van der Waals surface area contributed by atoms with Gasteiger partial charge in [-0.25, -0.2) is 0 Å². The summed E-state index contributed by atoms with van der Waals surface area (Å²) in [6, 6.07) is 19.4. The molecule has 0 unspecified atom stereocenters. The molecule has 31 heavy (non-hydrogen) atoms. The third-order valence-corrected chi connectivity index (χ3v) is 6.48. The molecule has 1 saturated carbocycles. The predicted molar refractivity (Wildman–Crippen MR) is 127 cm³/mol. The maximum absolute atomic E-state index is 13.8. The van der Waals surface area contributed by atoms with E-state index in [0.29, 0.717) is 16.6 Å². The molecule has 1 aromatic heterocycles. The fourth-order valence-corrected chi connectivity index (χ4v) is 4.79. The Bertz CT molecular complexity index is 989. The van der Waals surface area contributed by atoms with Gasteiger partial charge in [0.1, 0.15) is 5.41 Å². The third kappa shape index (κ3) is 4.94. The average molecular weight is 453 g/mol. The Morgan fingerprint density at radius 2 is 1.65 bits per heavy atom. The number of aryl methyl sites for hydroxylation is 1. The second-order valence-corrected chi connectivity index (χ2v) is 9.05. The molecule has 0 bridgehead atoms. The van der Waals surface area contributed by atoms with E-state index >= 15 is 0 Å². The summed E-state index contributed by atoms with van der Waals surface area (Å²) in [5, 5.41) is 4.49. The van der Waals surface area contributed by atoms with E-state index in [4.69, 9.17) is 23.2 Å². The number of nitrogens with zero attached hydrogens (tertiary/aromatic N) is 1. The van der Waals surface area contributed by atoms with Crippen molar-refractivity contribution in [1.82, 2.24) is 10.3 Å². The van der Waals surface area contributed by atoms with Crippen LogP contribution in [0.25, 0.3) is 0 Å². The van der Waals surface area contributed by atoms with Gasteiger partial charge in [0.2, 0.25) is 5.91 Å². The summed E-state index contributed by atoms with van der Waals surface area (Å²) in [6.45, 7) is 0.634. The Hall–Kier alpha value is -2.36. The van der Waals surface area contributed by atoms with E-state index < -0.39 is 5.41 Å². The van der Waals surface area contributed by atoms with Crippen molar-refractivity contribution in [3.63, 3.8) is 0 Å². The van der Waals surface area contributed by atoms with Gasteiger partial charge in [0.05, 0.1) is 0 Å². The molecule has 1 aliphatic carbocycles. The number of rotatable bonds is 9. The van der Waals surface area contributed by atoms with Crippen molar-refractivity contribution in [2.24, 2.45) is 5.92 Å². The molecule has 0 radical (unpaired) electrons. The van der Waals surface area contributed by atoms with Gasteiger partial charge in [-0.2, -0.15) is 0 Å². The molecule has 2 aromatic carbocycles. The highest BCUT2D eigenvalue weighted by Crippen LogP contribution is 2.52. The molecule has 0 spiro atoms. The summed E-state index contributed by atoms with van der Waals surface area (Å²) in [7, 11) is 0. The molecule has 1 heterocycles. The Morgan fingerprint density at radius 3 is 2.19 bits per heavy atom. The van der Waals surface area contributed by atoms with Crippen LogP contribution >= 0.6 is 23.2 Å². The van der Waals surface area contributed by atoms with Crippen molar-refractivity contribution < 1.29 is 4.79 Å². The monoisotopic (exact) mass is 452 g/mol. The normalized spacial score (nSPS) is 13.7. The van der Waals surface area contributed by atoms with Crippen LogP contribution in [0.5, 0.6) is 0 Å². The second kappa shape index (κ2) is 9.84. The van der Waals surface area contributed by atoms with Crippen LogP contribution in [-0.2, 0) is 16.6 Å². The number of halogens is 2. The number of amides is 1. The molecule has 1 fully saturated rings. The number of unbranched alkanes of at least 4 members (excludes halogenated alkanes) is 1. The second-order valence-electron chi connectivity index (χ2n) is 8.18. The van der Waals surface area contributed by atoms with Gasteiger partial charge in [0, 0.05) is 29.0 Å². The SMILES string of the molecule is O=C(NCCCCc1cccnc1)C(c1cccc(Cl)c1)(c1cccc(Cl)c1)C1CC1. The Labute approximate surface area is 193 Å². The van der Waals surface area contributed by atoms with Crippen molar-refractivity contribution >= 4 is 29.1 Å². The van der Waals surface area contributed by atoms with Crippen LogP contribution in [0.3, 0.4) is 0 Å². The fourth-order valence-electron chi connectivity index (χ4n) is 4.41. The van der Waals surface area contributed by atoms with Gasteiger partial charge in [-0.05, 0) is 85.0 Å². The molecule has 5 heteroatoms. The smallest absolute Gasteiger partial charge is 0.235 e. The summed E-state index contributed by atoms with van der Waals surface area (Å²) in [5.74, 6) is 0.265. The lowest BCUT2D eigenvalue weighted by Gasteiger charge is -2.34. The van der Waals surface area contributed by atoms with Crippen molar-refractivity contribution in [1.29, 1.82) is 0 Å². The molecule has 1 N–H and O–H groups in total. The highest BCUT2D eigenvalue weighted by atomic mass is 35.5. The number of carbonyl (C=O) groups excluding carboxylic acids is 1. The Balaban J connectivity index is 1.55. The molecule has 0 atom stereocenters. The molecular weight excluding hydrogens is 427 g/mol. The van der Waals surface area contributed by atoms with Gasteiger partial charge >= 0.3 is 0 Å². The number of pyridine rings is 1. The number of nitrogens with one attached hydrogen (secondary N) is 1. The zero-order valence-corrected chi connectivity index (χ0v) is 18.9. The van der Waals surface area contributed by atoms with Crippen LogP contribution < -0.4 is 5.32 Å². The zero-order valence-electron chi connectivity index (χ0n) is 17.4. The minimum absolute atomic E-state index is 0.0286. The molecule has 160 valence electrons. The first kappa shape index (κ1) is 21.9. The lowest BCUT2D eigenvalue weighted by atomic mass is 9.69. The van der Waals surface area contributed by atoms with Crippen LogP contribution in [0.4, 0.5) is 0 Å². The highest BCUT2D eigenvalue weighted by Gasteiger charge is 2.53. The summed E-state index contributed by atoms with van der Waals surface area (Å²) >= 11 is 12.7. The van der Waals surface area contributed by atoms with E-state index in [-0.39, 0.29) is 11.8 Å². The molecule has 1 aliphatic rings. The average Bonchev–Trinajstić information content (AvgIpc) is 3.61. The first-order valence-electron chi connectivity index (χ1n) is 10.8. The van der Waals surface area contributed by atoms with Crippen molar-refractivity contribution in [3.8, 4) is 0 Å². The molecule has 1 amide bonds. The first-order valence-corrected chi connectivity index (χ1v) is 11.6. The minimum Gasteiger partial charge on any atom is -0.355 e. The first-order chi connectivity index (χ1) is 15.1. The number of benzene rings is 2. The molecular formula is C26H26Cl2N2O. The van der Waals surface area contributed by atoms with Gasteiger partial charge in [-0.15, -0.1) is 0 Å². The predicted octanol–water partition coefficient (Wildman–Crippen LogP) is 6.22. The van der Waals surface area contributed by atoms with Crippen molar-refractivity contribution in [2.45, 2.75) is 37.5 Å². The topological polar surface area (TPSA) is 42.0 Å². The highest BCUT2D eigenvalue weighted by molar-refractivity contribution is 6.31. The summed E-state index contributed by atoms with van der Waals surface area (Å²) in [6.07, 6.45) is 8.56. The number of hydrogen-bond donors (Lipinski definition) is 1. The van der Waals surface area contributed by atoms with E-state index in [9.17, 15) is 4.79 Å². The Kier molecular flexibility index (Phi) is 6.94. The largest absolute Gasteiger partial charge is 0.355 e. The standard InChI is InChI=1S/C26H26Cl2N2O/c27-23-10-3-8-21(16-23)26(20-12-13-20,22-9-4-11-24(28)17-22)25(31)30-15-2-1-6-19-7-5-14-29-18-19/h3-5,7-11,14,16-18,20H,1-2,6,12-13,15H2,(H,30,31). The van der Waals surface area contributed by atoms with Gasteiger partial charge in [-0.3, -0.25) is 9.78 Å². The minimum atomic E-state index is -0.779. The van der Waals surface area contributed by atoms with E-state index in [1.54, 1.807) is 6.20 Å². The van der Waals surface area contributed by atoms with Crippen molar-refractivity contribution in [3.05, 3.63) is 99.8 Å². The van der Waals surface area contributed by atoms with E-state index in [1.165, 1.54) is 5.56 Å². The Morgan fingerprint density at radius 1 is 0.968 bits per heavy atom.